The minimum Gasteiger partial charge on any atom is -0.336 e. The third-order valence-electron chi connectivity index (χ3n) is 4.05. The van der Waals surface area contributed by atoms with E-state index in [9.17, 15) is 19.3 Å². The van der Waals surface area contributed by atoms with Gasteiger partial charge in [0, 0.05) is 24.7 Å². The fourth-order valence-corrected chi connectivity index (χ4v) is 2.95. The van der Waals surface area contributed by atoms with Crippen molar-refractivity contribution in [3.05, 3.63) is 39.2 Å². The van der Waals surface area contributed by atoms with Crippen LogP contribution in [0, 0.1) is 22.9 Å². The van der Waals surface area contributed by atoms with Crippen molar-refractivity contribution in [1.29, 1.82) is 0 Å². The molecule has 1 saturated carbocycles. The quantitative estimate of drug-likeness (QED) is 0.631. The molecule has 1 aliphatic carbocycles. The maximum Gasteiger partial charge on any atom is 0.270 e. The van der Waals surface area contributed by atoms with Crippen LogP contribution >= 0.6 is 0 Å². The van der Waals surface area contributed by atoms with Crippen molar-refractivity contribution >= 4 is 11.6 Å². The summed E-state index contributed by atoms with van der Waals surface area (Å²) < 4.78 is 14.2. The van der Waals surface area contributed by atoms with Gasteiger partial charge in [0.25, 0.3) is 11.6 Å². The number of hydrogen-bond acceptors (Lipinski definition) is 3. The number of halogens is 1. The van der Waals surface area contributed by atoms with Crippen LogP contribution in [0.2, 0.25) is 0 Å². The second kappa shape index (κ2) is 6.20. The van der Waals surface area contributed by atoms with E-state index in [1.54, 1.807) is 4.90 Å². The van der Waals surface area contributed by atoms with Crippen LogP contribution in [0.5, 0.6) is 0 Å². The first-order chi connectivity index (χ1) is 9.95. The molecule has 0 atom stereocenters. The average Bonchev–Trinajstić information content (AvgIpc) is 2.96. The molecule has 0 heterocycles. The number of carbonyl (C=O) groups is 1. The van der Waals surface area contributed by atoms with Gasteiger partial charge in [0.2, 0.25) is 0 Å². The van der Waals surface area contributed by atoms with Crippen LogP contribution in [-0.2, 0) is 0 Å². The molecule has 0 unspecified atom stereocenters. The van der Waals surface area contributed by atoms with Gasteiger partial charge in [0.15, 0.2) is 0 Å². The molecule has 2 rings (SSSR count). The smallest absolute Gasteiger partial charge is 0.270 e. The normalized spacial score (nSPS) is 15.2. The molecule has 0 saturated heterocycles. The molecule has 0 spiro atoms. The summed E-state index contributed by atoms with van der Waals surface area (Å²) in [4.78, 5) is 24.5. The van der Waals surface area contributed by atoms with Gasteiger partial charge in [0.1, 0.15) is 5.82 Å². The lowest BCUT2D eigenvalue weighted by molar-refractivity contribution is -0.385. The van der Waals surface area contributed by atoms with Crippen molar-refractivity contribution in [2.24, 2.45) is 0 Å². The molecule has 0 bridgehead atoms. The van der Waals surface area contributed by atoms with Crippen LogP contribution < -0.4 is 0 Å². The van der Waals surface area contributed by atoms with Gasteiger partial charge in [-0.15, -0.1) is 0 Å². The number of amides is 1. The Morgan fingerprint density at radius 2 is 2.05 bits per heavy atom. The third kappa shape index (κ3) is 3.04. The molecule has 114 valence electrons. The number of benzene rings is 1. The fourth-order valence-electron chi connectivity index (χ4n) is 2.95. The molecule has 1 amide bonds. The first-order valence-corrected chi connectivity index (χ1v) is 7.21. The molecule has 6 heteroatoms. The standard InChI is InChI=1S/C15H19FN2O3/c1-3-17(11-6-4-5-7-11)15(19)13-9-12(18(20)21)8-10(2)14(13)16/h8-9,11H,3-7H2,1-2H3. The first kappa shape index (κ1) is 15.4. The minimum atomic E-state index is -0.665. The Morgan fingerprint density at radius 1 is 1.43 bits per heavy atom. The van der Waals surface area contributed by atoms with Crippen LogP contribution in [0.1, 0.15) is 48.5 Å². The van der Waals surface area contributed by atoms with Crippen molar-refractivity contribution in [2.45, 2.75) is 45.6 Å². The first-order valence-electron chi connectivity index (χ1n) is 7.21. The Labute approximate surface area is 122 Å². The predicted octanol–water partition coefficient (Wildman–Crippen LogP) is 3.45. The summed E-state index contributed by atoms with van der Waals surface area (Å²) in [5.41, 5.74) is -0.329. The van der Waals surface area contributed by atoms with Crippen molar-refractivity contribution in [3.63, 3.8) is 0 Å². The highest BCUT2D eigenvalue weighted by molar-refractivity contribution is 5.95. The lowest BCUT2D eigenvalue weighted by Gasteiger charge is -2.28. The second-order valence-electron chi connectivity index (χ2n) is 5.41. The van der Waals surface area contributed by atoms with Gasteiger partial charge >= 0.3 is 0 Å². The molecule has 5 nitrogen and oxygen atoms in total. The number of rotatable bonds is 4. The van der Waals surface area contributed by atoms with Gasteiger partial charge in [-0.2, -0.15) is 0 Å². The van der Waals surface area contributed by atoms with Gasteiger partial charge in [-0.3, -0.25) is 14.9 Å². The number of hydrogen-bond donors (Lipinski definition) is 0. The van der Waals surface area contributed by atoms with E-state index in [0.29, 0.717) is 6.54 Å². The van der Waals surface area contributed by atoms with Crippen molar-refractivity contribution in [3.8, 4) is 0 Å². The van der Waals surface area contributed by atoms with Crippen LogP contribution in [-0.4, -0.2) is 28.3 Å². The van der Waals surface area contributed by atoms with E-state index in [4.69, 9.17) is 0 Å². The Morgan fingerprint density at radius 3 is 2.57 bits per heavy atom. The highest BCUT2D eigenvalue weighted by atomic mass is 19.1. The van der Waals surface area contributed by atoms with Gasteiger partial charge < -0.3 is 4.90 Å². The summed E-state index contributed by atoms with van der Waals surface area (Å²) >= 11 is 0. The van der Waals surface area contributed by atoms with E-state index in [1.165, 1.54) is 6.92 Å². The Bertz CT molecular complexity index is 568. The van der Waals surface area contributed by atoms with Crippen LogP contribution in [0.25, 0.3) is 0 Å². The molecule has 0 aromatic heterocycles. The lowest BCUT2D eigenvalue weighted by atomic mass is 10.1. The van der Waals surface area contributed by atoms with Gasteiger partial charge in [-0.25, -0.2) is 4.39 Å². The Hall–Kier alpha value is -1.98. The zero-order valence-electron chi connectivity index (χ0n) is 12.3. The highest BCUT2D eigenvalue weighted by Crippen LogP contribution is 2.27. The van der Waals surface area contributed by atoms with E-state index >= 15 is 0 Å². The van der Waals surface area contributed by atoms with Crippen LogP contribution in [0.15, 0.2) is 12.1 Å². The number of carbonyl (C=O) groups excluding carboxylic acids is 1. The predicted molar refractivity (Wildman–Crippen MR) is 76.8 cm³/mol. The molecule has 1 aliphatic rings. The highest BCUT2D eigenvalue weighted by Gasteiger charge is 2.29. The zero-order valence-corrected chi connectivity index (χ0v) is 12.3. The SMILES string of the molecule is CCN(C(=O)c1cc([N+](=O)[O-])cc(C)c1F)C1CCCC1. The molecule has 0 radical (unpaired) electrons. The molecular weight excluding hydrogens is 275 g/mol. The maximum absolute atomic E-state index is 14.2. The maximum atomic E-state index is 14.2. The summed E-state index contributed by atoms with van der Waals surface area (Å²) in [7, 11) is 0. The summed E-state index contributed by atoms with van der Waals surface area (Å²) in [5, 5.41) is 10.9. The fraction of sp³-hybridized carbons (Fsp3) is 0.533. The minimum absolute atomic E-state index is 0.112. The van der Waals surface area contributed by atoms with Gasteiger partial charge in [0.05, 0.1) is 10.5 Å². The van der Waals surface area contributed by atoms with E-state index in [1.807, 2.05) is 6.92 Å². The van der Waals surface area contributed by atoms with E-state index in [0.717, 1.165) is 37.8 Å². The molecular formula is C15H19FN2O3. The van der Waals surface area contributed by atoms with E-state index < -0.39 is 16.6 Å². The third-order valence-corrected chi connectivity index (χ3v) is 4.05. The van der Waals surface area contributed by atoms with Crippen LogP contribution in [0.4, 0.5) is 10.1 Å². The van der Waals surface area contributed by atoms with Crippen molar-refractivity contribution in [2.75, 3.05) is 6.54 Å². The number of nitro benzene ring substituents is 1. The van der Waals surface area contributed by atoms with Crippen molar-refractivity contribution < 1.29 is 14.1 Å². The number of nitrogens with zero attached hydrogens (tertiary/aromatic N) is 2. The Balaban J connectivity index is 2.39. The van der Waals surface area contributed by atoms with Crippen LogP contribution in [0.3, 0.4) is 0 Å². The molecule has 1 aromatic carbocycles. The topological polar surface area (TPSA) is 63.5 Å². The molecule has 1 fully saturated rings. The summed E-state index contributed by atoms with van der Waals surface area (Å²) in [6.07, 6.45) is 3.94. The summed E-state index contributed by atoms with van der Waals surface area (Å²) in [6, 6.07) is 2.31. The van der Waals surface area contributed by atoms with Gasteiger partial charge in [-0.1, -0.05) is 12.8 Å². The monoisotopic (exact) mass is 294 g/mol. The number of aryl methyl sites for hydroxylation is 1. The second-order valence-corrected chi connectivity index (χ2v) is 5.41. The molecule has 21 heavy (non-hydrogen) atoms. The zero-order chi connectivity index (χ0) is 15.6. The molecule has 0 aliphatic heterocycles. The summed E-state index contributed by atoms with van der Waals surface area (Å²) in [5.74, 6) is -1.12. The Kier molecular flexibility index (Phi) is 4.55. The average molecular weight is 294 g/mol. The number of non-ortho nitro benzene ring substituents is 1. The van der Waals surface area contributed by atoms with Gasteiger partial charge in [-0.05, 0) is 32.3 Å². The largest absolute Gasteiger partial charge is 0.336 e. The van der Waals surface area contributed by atoms with Crippen molar-refractivity contribution in [1.82, 2.24) is 4.90 Å². The van der Waals surface area contributed by atoms with E-state index in [-0.39, 0.29) is 22.9 Å². The number of nitro groups is 1. The summed E-state index contributed by atoms with van der Waals surface area (Å²) in [6.45, 7) is 3.76. The molecule has 1 aromatic rings. The lowest BCUT2D eigenvalue weighted by Crippen LogP contribution is -2.39. The molecule has 0 N–H and O–H groups in total. The van der Waals surface area contributed by atoms with E-state index in [2.05, 4.69) is 0 Å².